The Labute approximate surface area is 110 Å². The summed E-state index contributed by atoms with van der Waals surface area (Å²) in [7, 11) is 2.72. The van der Waals surface area contributed by atoms with Gasteiger partial charge in [0.25, 0.3) is 5.69 Å². The molecule has 0 atom stereocenters. The van der Waals surface area contributed by atoms with Crippen LogP contribution >= 0.6 is 0 Å². The summed E-state index contributed by atoms with van der Waals surface area (Å²) in [6.07, 6.45) is 2.10. The summed E-state index contributed by atoms with van der Waals surface area (Å²) in [5.41, 5.74) is 0.995. The van der Waals surface area contributed by atoms with E-state index in [0.29, 0.717) is 23.3 Å². The van der Waals surface area contributed by atoms with Gasteiger partial charge in [-0.2, -0.15) is 0 Å². The number of rotatable bonds is 5. The first-order chi connectivity index (χ1) is 9.03. The molecule has 102 valence electrons. The summed E-state index contributed by atoms with van der Waals surface area (Å²) in [5, 5.41) is 10.7. The zero-order valence-electron chi connectivity index (χ0n) is 11.0. The van der Waals surface area contributed by atoms with Crippen LogP contribution in [0.3, 0.4) is 0 Å². The van der Waals surface area contributed by atoms with Crippen LogP contribution in [0.25, 0.3) is 6.08 Å². The van der Waals surface area contributed by atoms with E-state index in [1.165, 1.54) is 32.4 Å². The Kier molecular flexibility index (Phi) is 5.05. The Morgan fingerprint density at radius 2 is 2.11 bits per heavy atom. The molecule has 0 N–H and O–H groups in total. The van der Waals surface area contributed by atoms with Crippen molar-refractivity contribution in [2.24, 2.45) is 0 Å². The maximum atomic E-state index is 11.5. The van der Waals surface area contributed by atoms with E-state index < -0.39 is 10.9 Å². The number of nitrogens with zero attached hydrogens (tertiary/aromatic N) is 1. The number of benzene rings is 1. The van der Waals surface area contributed by atoms with Crippen LogP contribution in [0.5, 0.6) is 5.75 Å². The maximum Gasteiger partial charge on any atom is 0.333 e. The predicted octanol–water partition coefficient (Wildman–Crippen LogP) is 2.57. The van der Waals surface area contributed by atoms with Crippen molar-refractivity contribution in [3.8, 4) is 5.75 Å². The average molecular weight is 265 g/mol. The Morgan fingerprint density at radius 3 is 2.58 bits per heavy atom. The molecule has 0 aliphatic carbocycles. The number of carbonyl (C=O) groups is 1. The van der Waals surface area contributed by atoms with Crippen molar-refractivity contribution < 1.29 is 19.2 Å². The highest BCUT2D eigenvalue weighted by molar-refractivity contribution is 5.94. The highest BCUT2D eigenvalue weighted by atomic mass is 16.6. The van der Waals surface area contributed by atoms with E-state index in [2.05, 4.69) is 4.74 Å². The normalized spacial score (nSPS) is 11.0. The number of esters is 1. The maximum absolute atomic E-state index is 11.5. The summed E-state index contributed by atoms with van der Waals surface area (Å²) in [6, 6.07) is 4.21. The van der Waals surface area contributed by atoms with Gasteiger partial charge in [0, 0.05) is 17.2 Å². The highest BCUT2D eigenvalue weighted by Crippen LogP contribution is 2.27. The van der Waals surface area contributed by atoms with Crippen LogP contribution in [-0.4, -0.2) is 25.1 Å². The van der Waals surface area contributed by atoms with Gasteiger partial charge in [0.15, 0.2) is 0 Å². The molecular weight excluding hydrogens is 250 g/mol. The number of hydrogen-bond acceptors (Lipinski definition) is 5. The average Bonchev–Trinajstić information content (AvgIpc) is 2.43. The molecular formula is C13H15NO5. The molecule has 0 unspecified atom stereocenters. The second-order valence-electron chi connectivity index (χ2n) is 3.70. The van der Waals surface area contributed by atoms with Gasteiger partial charge in [-0.05, 0) is 18.6 Å². The molecule has 0 amide bonds. The monoisotopic (exact) mass is 265 g/mol. The number of methoxy groups -OCH3 is 2. The van der Waals surface area contributed by atoms with E-state index in [9.17, 15) is 14.9 Å². The Hall–Kier alpha value is -2.37. The van der Waals surface area contributed by atoms with Crippen LogP contribution in [0.15, 0.2) is 23.8 Å². The zero-order valence-corrected chi connectivity index (χ0v) is 11.0. The minimum atomic E-state index is -0.503. The van der Waals surface area contributed by atoms with Crippen molar-refractivity contribution in [3.05, 3.63) is 39.4 Å². The molecule has 0 bridgehead atoms. The molecule has 0 heterocycles. The molecule has 0 saturated carbocycles. The van der Waals surface area contributed by atoms with Crippen molar-refractivity contribution in [2.75, 3.05) is 14.2 Å². The number of carbonyl (C=O) groups excluding carboxylic acids is 1. The van der Waals surface area contributed by atoms with Gasteiger partial charge in [-0.15, -0.1) is 0 Å². The molecule has 0 spiro atoms. The van der Waals surface area contributed by atoms with Crippen molar-refractivity contribution in [1.82, 2.24) is 0 Å². The smallest absolute Gasteiger partial charge is 0.333 e. The van der Waals surface area contributed by atoms with Gasteiger partial charge < -0.3 is 9.47 Å². The number of nitro benzene ring substituents is 1. The molecule has 19 heavy (non-hydrogen) atoms. The Bertz CT molecular complexity index is 522. The minimum Gasteiger partial charge on any atom is -0.496 e. The summed E-state index contributed by atoms with van der Waals surface area (Å²) in [4.78, 5) is 21.7. The third-order valence-corrected chi connectivity index (χ3v) is 2.59. The van der Waals surface area contributed by atoms with Crippen molar-refractivity contribution in [3.63, 3.8) is 0 Å². The van der Waals surface area contributed by atoms with Gasteiger partial charge in [0.05, 0.1) is 25.2 Å². The second-order valence-corrected chi connectivity index (χ2v) is 3.70. The van der Waals surface area contributed by atoms with Gasteiger partial charge in [0.1, 0.15) is 5.75 Å². The molecule has 0 aliphatic rings. The molecule has 6 nitrogen and oxygen atoms in total. The third-order valence-electron chi connectivity index (χ3n) is 2.59. The van der Waals surface area contributed by atoms with Crippen LogP contribution < -0.4 is 4.74 Å². The topological polar surface area (TPSA) is 78.7 Å². The molecule has 0 aliphatic heterocycles. The standard InChI is InChI=1S/C13H15NO5/c1-4-9(13(15)19-3)7-10-5-6-11(14(16)17)8-12(10)18-2/h5-8H,4H2,1-3H3/b9-7+. The van der Waals surface area contributed by atoms with Crippen LogP contribution in [-0.2, 0) is 9.53 Å². The van der Waals surface area contributed by atoms with Gasteiger partial charge in [-0.1, -0.05) is 6.92 Å². The van der Waals surface area contributed by atoms with Gasteiger partial charge in [0.2, 0.25) is 0 Å². The lowest BCUT2D eigenvalue weighted by atomic mass is 10.1. The molecule has 1 rings (SSSR count). The zero-order chi connectivity index (χ0) is 14.4. The van der Waals surface area contributed by atoms with E-state index in [0.717, 1.165) is 0 Å². The molecule has 0 saturated heterocycles. The van der Waals surface area contributed by atoms with E-state index in [1.807, 2.05) is 6.92 Å². The lowest BCUT2D eigenvalue weighted by Crippen LogP contribution is -2.03. The van der Waals surface area contributed by atoms with Gasteiger partial charge >= 0.3 is 5.97 Å². The third kappa shape index (κ3) is 3.54. The van der Waals surface area contributed by atoms with Crippen LogP contribution in [0, 0.1) is 10.1 Å². The molecule has 1 aromatic carbocycles. The van der Waals surface area contributed by atoms with Crippen molar-refractivity contribution in [1.29, 1.82) is 0 Å². The lowest BCUT2D eigenvalue weighted by Gasteiger charge is -2.07. The van der Waals surface area contributed by atoms with E-state index >= 15 is 0 Å². The summed E-state index contributed by atoms with van der Waals surface area (Å²) >= 11 is 0. The SMILES string of the molecule is CC/C(=C\c1ccc([N+](=O)[O-])cc1OC)C(=O)OC. The fourth-order valence-corrected chi connectivity index (χ4v) is 1.56. The summed E-state index contributed by atoms with van der Waals surface area (Å²) < 4.78 is 9.75. The number of nitro groups is 1. The molecule has 6 heteroatoms. The van der Waals surface area contributed by atoms with Crippen LogP contribution in [0.1, 0.15) is 18.9 Å². The van der Waals surface area contributed by atoms with Gasteiger partial charge in [-0.3, -0.25) is 10.1 Å². The lowest BCUT2D eigenvalue weighted by molar-refractivity contribution is -0.384. The predicted molar refractivity (Wildman–Crippen MR) is 69.9 cm³/mol. The van der Waals surface area contributed by atoms with Crippen LogP contribution in [0.4, 0.5) is 5.69 Å². The molecule has 0 aromatic heterocycles. The Balaban J connectivity index is 3.23. The van der Waals surface area contributed by atoms with Gasteiger partial charge in [-0.25, -0.2) is 4.79 Å². The van der Waals surface area contributed by atoms with Crippen molar-refractivity contribution >= 4 is 17.7 Å². The second kappa shape index (κ2) is 6.53. The first-order valence-electron chi connectivity index (χ1n) is 5.64. The molecule has 1 aromatic rings. The first-order valence-corrected chi connectivity index (χ1v) is 5.64. The van der Waals surface area contributed by atoms with E-state index in [1.54, 1.807) is 6.08 Å². The highest BCUT2D eigenvalue weighted by Gasteiger charge is 2.13. The van der Waals surface area contributed by atoms with E-state index in [-0.39, 0.29) is 5.69 Å². The summed E-state index contributed by atoms with van der Waals surface area (Å²) in [5.74, 6) is -0.0908. The molecule has 0 fully saturated rings. The number of non-ortho nitro benzene ring substituents is 1. The van der Waals surface area contributed by atoms with Crippen LogP contribution in [0.2, 0.25) is 0 Å². The summed E-state index contributed by atoms with van der Waals surface area (Å²) in [6.45, 7) is 1.82. The fraction of sp³-hybridized carbons (Fsp3) is 0.308. The quantitative estimate of drug-likeness (QED) is 0.354. The van der Waals surface area contributed by atoms with Crippen molar-refractivity contribution in [2.45, 2.75) is 13.3 Å². The minimum absolute atomic E-state index is 0.0647. The Morgan fingerprint density at radius 1 is 1.42 bits per heavy atom. The number of ether oxygens (including phenoxy) is 2. The number of hydrogen-bond donors (Lipinski definition) is 0. The van der Waals surface area contributed by atoms with E-state index in [4.69, 9.17) is 4.74 Å². The fourth-order valence-electron chi connectivity index (χ4n) is 1.56. The molecule has 0 radical (unpaired) electrons. The largest absolute Gasteiger partial charge is 0.496 e. The first kappa shape index (κ1) is 14.7.